The maximum Gasteiger partial charge on any atom is 0.255 e. The normalized spacial score (nSPS) is 19.1. The van der Waals surface area contributed by atoms with E-state index in [2.05, 4.69) is 10.6 Å². The van der Waals surface area contributed by atoms with Gasteiger partial charge in [0.2, 0.25) is 17.7 Å². The molecule has 2 unspecified atom stereocenters. The van der Waals surface area contributed by atoms with Gasteiger partial charge in [0, 0.05) is 25.1 Å². The zero-order valence-electron chi connectivity index (χ0n) is 16.6. The van der Waals surface area contributed by atoms with E-state index < -0.39 is 29.7 Å². The summed E-state index contributed by atoms with van der Waals surface area (Å²) in [5.74, 6) is -1.86. The zero-order chi connectivity index (χ0) is 22.1. The van der Waals surface area contributed by atoms with E-state index >= 15 is 0 Å². The summed E-state index contributed by atoms with van der Waals surface area (Å²) in [5.41, 5.74) is 8.47. The van der Waals surface area contributed by atoms with Gasteiger partial charge < -0.3 is 16.0 Å². The first-order valence-corrected chi connectivity index (χ1v) is 9.88. The number of nitrogens with one attached hydrogen (secondary N) is 2. The summed E-state index contributed by atoms with van der Waals surface area (Å²) in [6.45, 7) is 0.463. The number of hydrogen-bond acceptors (Lipinski definition) is 5. The maximum absolute atomic E-state index is 13.0. The highest BCUT2D eigenvalue weighted by Crippen LogP contribution is 2.28. The molecule has 0 bridgehead atoms. The van der Waals surface area contributed by atoms with Gasteiger partial charge in [0.25, 0.3) is 5.91 Å². The second kappa shape index (κ2) is 8.27. The summed E-state index contributed by atoms with van der Waals surface area (Å²) in [6, 6.07) is 9.02. The van der Waals surface area contributed by atoms with Crippen LogP contribution in [0.5, 0.6) is 0 Å². The number of amides is 4. The molecule has 4 N–H and O–H groups in total. The Morgan fingerprint density at radius 1 is 1.19 bits per heavy atom. The molecule has 0 saturated carbocycles. The molecule has 160 valence electrons. The van der Waals surface area contributed by atoms with Crippen molar-refractivity contribution in [1.82, 2.24) is 15.5 Å². The van der Waals surface area contributed by atoms with Crippen LogP contribution in [0.4, 0.5) is 4.39 Å². The van der Waals surface area contributed by atoms with Crippen LogP contribution in [0.2, 0.25) is 0 Å². The third kappa shape index (κ3) is 4.17. The fraction of sp³-hybridized carbons (Fsp3) is 0.273. The minimum absolute atomic E-state index is 0.197. The number of fused-ring (bicyclic) bond motifs is 1. The molecule has 2 aliphatic heterocycles. The number of carbonyl (C=O) groups excluding carboxylic acids is 4. The monoisotopic (exact) mass is 424 g/mol. The third-order valence-corrected chi connectivity index (χ3v) is 5.57. The Morgan fingerprint density at radius 3 is 2.65 bits per heavy atom. The molecule has 0 aromatic heterocycles. The van der Waals surface area contributed by atoms with Gasteiger partial charge in [-0.2, -0.15) is 0 Å². The molecule has 1 fully saturated rings. The second-order valence-electron chi connectivity index (χ2n) is 7.64. The van der Waals surface area contributed by atoms with Crippen LogP contribution < -0.4 is 16.4 Å². The first-order valence-electron chi connectivity index (χ1n) is 9.88. The predicted molar refractivity (Wildman–Crippen MR) is 108 cm³/mol. The van der Waals surface area contributed by atoms with Gasteiger partial charge in [-0.3, -0.25) is 24.5 Å². The molecule has 0 spiro atoms. The summed E-state index contributed by atoms with van der Waals surface area (Å²) in [4.78, 5) is 50.0. The maximum atomic E-state index is 13.0. The van der Waals surface area contributed by atoms with Crippen molar-refractivity contribution in [3.8, 4) is 0 Å². The Bertz CT molecular complexity index is 1070. The largest absolute Gasteiger partial charge is 0.350 e. The van der Waals surface area contributed by atoms with Crippen LogP contribution in [0.15, 0.2) is 42.5 Å². The van der Waals surface area contributed by atoms with Gasteiger partial charge in [-0.05, 0) is 41.3 Å². The van der Waals surface area contributed by atoms with E-state index in [4.69, 9.17) is 5.73 Å². The molecule has 4 rings (SSSR count). The Balaban J connectivity index is 1.40. The highest BCUT2D eigenvalue weighted by molar-refractivity contribution is 6.05. The van der Waals surface area contributed by atoms with E-state index in [1.807, 2.05) is 6.07 Å². The van der Waals surface area contributed by atoms with Crippen molar-refractivity contribution in [3.05, 3.63) is 70.5 Å². The quantitative estimate of drug-likeness (QED) is 0.616. The lowest BCUT2D eigenvalue weighted by molar-refractivity contribution is -0.137. The Hall–Kier alpha value is -3.59. The lowest BCUT2D eigenvalue weighted by atomic mass is 10.0. The van der Waals surface area contributed by atoms with Crippen LogP contribution in [0.25, 0.3) is 0 Å². The van der Waals surface area contributed by atoms with Gasteiger partial charge >= 0.3 is 0 Å². The summed E-state index contributed by atoms with van der Waals surface area (Å²) in [6.07, 6.45) is 0.497. The summed E-state index contributed by atoms with van der Waals surface area (Å²) in [5, 5.41) is 5.02. The van der Waals surface area contributed by atoms with Crippen LogP contribution >= 0.6 is 0 Å². The number of imide groups is 1. The number of hydrogen-bond donors (Lipinski definition) is 3. The van der Waals surface area contributed by atoms with E-state index in [0.717, 1.165) is 11.1 Å². The van der Waals surface area contributed by atoms with Gasteiger partial charge in [-0.1, -0.05) is 24.3 Å². The van der Waals surface area contributed by atoms with E-state index in [0.29, 0.717) is 17.5 Å². The van der Waals surface area contributed by atoms with E-state index in [9.17, 15) is 23.6 Å². The van der Waals surface area contributed by atoms with Crippen molar-refractivity contribution >= 4 is 23.6 Å². The molecule has 2 aromatic rings. The van der Waals surface area contributed by atoms with Gasteiger partial charge in [-0.25, -0.2) is 4.39 Å². The van der Waals surface area contributed by atoms with Crippen LogP contribution in [0.3, 0.4) is 0 Å². The highest BCUT2D eigenvalue weighted by Gasteiger charge is 2.39. The minimum atomic E-state index is -0.931. The average molecular weight is 424 g/mol. The van der Waals surface area contributed by atoms with Crippen molar-refractivity contribution in [2.75, 3.05) is 0 Å². The zero-order valence-corrected chi connectivity index (χ0v) is 16.6. The molecule has 31 heavy (non-hydrogen) atoms. The SMILES string of the molecule is NC(C(=O)NCc1ccc2c(c1)CN(C1CCC(=O)NC1=O)C2=O)c1ccc(F)cc1. The molecule has 0 radical (unpaired) electrons. The highest BCUT2D eigenvalue weighted by atomic mass is 19.1. The Labute approximate surface area is 177 Å². The van der Waals surface area contributed by atoms with Gasteiger partial charge in [-0.15, -0.1) is 0 Å². The van der Waals surface area contributed by atoms with Crippen molar-refractivity contribution in [3.63, 3.8) is 0 Å². The smallest absolute Gasteiger partial charge is 0.255 e. The van der Waals surface area contributed by atoms with Crippen LogP contribution in [0, 0.1) is 5.82 Å². The molecule has 4 amide bonds. The molecule has 2 aliphatic rings. The molecule has 2 heterocycles. The molecule has 2 aromatic carbocycles. The lowest BCUT2D eigenvalue weighted by Crippen LogP contribution is -2.52. The van der Waals surface area contributed by atoms with E-state index in [1.165, 1.54) is 29.2 Å². The Morgan fingerprint density at radius 2 is 1.94 bits per heavy atom. The molecule has 2 atom stereocenters. The lowest BCUT2D eigenvalue weighted by Gasteiger charge is -2.29. The number of benzene rings is 2. The van der Waals surface area contributed by atoms with Crippen LogP contribution in [-0.2, 0) is 27.5 Å². The topological polar surface area (TPSA) is 122 Å². The molecule has 8 nitrogen and oxygen atoms in total. The van der Waals surface area contributed by atoms with E-state index in [-0.39, 0.29) is 31.3 Å². The number of piperidine rings is 1. The fourth-order valence-corrected chi connectivity index (χ4v) is 3.86. The molecule has 1 saturated heterocycles. The summed E-state index contributed by atoms with van der Waals surface area (Å²) < 4.78 is 13.0. The number of nitrogens with two attached hydrogens (primary N) is 1. The minimum Gasteiger partial charge on any atom is -0.350 e. The molecule has 9 heteroatoms. The number of nitrogens with zero attached hydrogens (tertiary/aromatic N) is 1. The average Bonchev–Trinajstić information content (AvgIpc) is 3.07. The number of halogens is 1. The molecular formula is C22H21FN4O4. The van der Waals surface area contributed by atoms with Crippen molar-refractivity contribution in [1.29, 1.82) is 0 Å². The number of rotatable bonds is 5. The first-order chi connectivity index (χ1) is 14.8. The van der Waals surface area contributed by atoms with Gasteiger partial charge in [0.1, 0.15) is 17.9 Å². The standard InChI is InChI=1S/C22H21FN4O4/c23-15-4-2-13(3-5-15)19(24)21(30)25-10-12-1-6-16-14(9-12)11-27(22(16)31)17-7-8-18(28)26-20(17)29/h1-6,9,17,19H,7-8,10-11,24H2,(H,25,30)(H,26,28,29). The summed E-state index contributed by atoms with van der Waals surface area (Å²) in [7, 11) is 0. The second-order valence-corrected chi connectivity index (χ2v) is 7.64. The molecule has 0 aliphatic carbocycles. The fourth-order valence-electron chi connectivity index (χ4n) is 3.86. The molecular weight excluding hydrogens is 403 g/mol. The third-order valence-electron chi connectivity index (χ3n) is 5.57. The van der Waals surface area contributed by atoms with E-state index in [1.54, 1.807) is 12.1 Å². The first kappa shape index (κ1) is 20.7. The van der Waals surface area contributed by atoms with Crippen LogP contribution in [-0.4, -0.2) is 34.6 Å². The van der Waals surface area contributed by atoms with Gasteiger partial charge in [0.05, 0.1) is 0 Å². The Kier molecular flexibility index (Phi) is 5.51. The van der Waals surface area contributed by atoms with Gasteiger partial charge in [0.15, 0.2) is 0 Å². The number of carbonyl (C=O) groups is 4. The predicted octanol–water partition coefficient (Wildman–Crippen LogP) is 0.903. The van der Waals surface area contributed by atoms with Crippen molar-refractivity contribution in [2.45, 2.75) is 38.0 Å². The van der Waals surface area contributed by atoms with Crippen molar-refractivity contribution < 1.29 is 23.6 Å². The summed E-state index contributed by atoms with van der Waals surface area (Å²) >= 11 is 0. The van der Waals surface area contributed by atoms with Crippen molar-refractivity contribution in [2.24, 2.45) is 5.73 Å². The van der Waals surface area contributed by atoms with Crippen LogP contribution in [0.1, 0.15) is 45.9 Å².